The van der Waals surface area contributed by atoms with E-state index in [9.17, 15) is 4.79 Å². The Hall–Kier alpha value is -0.630. The molecule has 1 aromatic heterocycles. The summed E-state index contributed by atoms with van der Waals surface area (Å²) in [6, 6.07) is 0.408. The van der Waals surface area contributed by atoms with E-state index < -0.39 is 0 Å². The third kappa shape index (κ3) is 3.94. The number of aromatic amines is 1. The Morgan fingerprint density at radius 3 is 2.95 bits per heavy atom. The van der Waals surface area contributed by atoms with Crippen molar-refractivity contribution in [1.82, 2.24) is 15.3 Å². The van der Waals surface area contributed by atoms with E-state index in [0.29, 0.717) is 9.61 Å². The fourth-order valence-electron chi connectivity index (χ4n) is 2.49. The average molecular weight is 390 g/mol. The number of nitrogens with one attached hydrogen (secondary N) is 2. The Balaban J connectivity index is 2.18. The van der Waals surface area contributed by atoms with Gasteiger partial charge in [0.25, 0.3) is 5.56 Å². The lowest BCUT2D eigenvalue weighted by Gasteiger charge is -2.38. The van der Waals surface area contributed by atoms with Crippen LogP contribution in [0.4, 0.5) is 5.82 Å². The van der Waals surface area contributed by atoms with Crippen molar-refractivity contribution in [2.75, 3.05) is 18.0 Å². The van der Waals surface area contributed by atoms with Crippen LogP contribution in [-0.2, 0) is 0 Å². The highest BCUT2D eigenvalue weighted by Crippen LogP contribution is 2.25. The summed E-state index contributed by atoms with van der Waals surface area (Å²) in [6.07, 6.45) is 5.06. The van der Waals surface area contributed by atoms with E-state index >= 15 is 0 Å². The maximum atomic E-state index is 11.8. The SMILES string of the molecule is CC(C)(C)NCC1CCCCN1c1nc[nH]c(=O)c1I. The van der Waals surface area contributed by atoms with E-state index in [-0.39, 0.29) is 11.1 Å². The number of halogens is 1. The fourth-order valence-corrected chi connectivity index (χ4v) is 3.09. The van der Waals surface area contributed by atoms with Crippen molar-refractivity contribution in [2.45, 2.75) is 51.6 Å². The Kier molecular flexibility index (Phi) is 5.06. The average Bonchev–Trinajstić information content (AvgIpc) is 2.39. The van der Waals surface area contributed by atoms with Gasteiger partial charge in [0.1, 0.15) is 9.39 Å². The van der Waals surface area contributed by atoms with Gasteiger partial charge >= 0.3 is 0 Å². The van der Waals surface area contributed by atoms with Crippen LogP contribution in [0.5, 0.6) is 0 Å². The van der Waals surface area contributed by atoms with E-state index in [1.165, 1.54) is 12.7 Å². The molecule has 0 bridgehead atoms. The molecule has 0 amide bonds. The number of H-pyrrole nitrogens is 1. The smallest absolute Gasteiger partial charge is 0.266 e. The minimum atomic E-state index is -0.0521. The van der Waals surface area contributed by atoms with Crippen LogP contribution in [0.3, 0.4) is 0 Å². The van der Waals surface area contributed by atoms with Crippen molar-refractivity contribution in [3.63, 3.8) is 0 Å². The fraction of sp³-hybridized carbons (Fsp3) is 0.714. The van der Waals surface area contributed by atoms with Gasteiger partial charge in [0, 0.05) is 24.7 Å². The number of rotatable bonds is 3. The first-order valence-electron chi connectivity index (χ1n) is 7.13. The molecule has 0 aromatic carbocycles. The third-order valence-corrected chi connectivity index (χ3v) is 4.52. The first-order chi connectivity index (χ1) is 9.38. The molecule has 1 aliphatic rings. The standard InChI is InChI=1S/C14H23IN4O/c1-14(2,3)18-8-10-6-4-5-7-19(10)12-11(15)13(20)17-9-16-12/h9-10,18H,4-8H2,1-3H3,(H,16,17,20). The lowest BCUT2D eigenvalue weighted by atomic mass is 10.0. The number of aromatic nitrogens is 2. The summed E-state index contributed by atoms with van der Waals surface area (Å²) in [5.41, 5.74) is 0.0569. The molecule has 1 atom stereocenters. The van der Waals surface area contributed by atoms with E-state index in [2.05, 4.69) is 63.5 Å². The molecule has 6 heteroatoms. The maximum absolute atomic E-state index is 11.8. The van der Waals surface area contributed by atoms with Gasteiger partial charge in [0.2, 0.25) is 0 Å². The van der Waals surface area contributed by atoms with E-state index in [1.807, 2.05) is 0 Å². The van der Waals surface area contributed by atoms with Crippen molar-refractivity contribution < 1.29 is 0 Å². The van der Waals surface area contributed by atoms with Gasteiger partial charge in [-0.15, -0.1) is 0 Å². The van der Waals surface area contributed by atoms with Gasteiger partial charge in [-0.2, -0.15) is 0 Å². The zero-order valence-electron chi connectivity index (χ0n) is 12.4. The van der Waals surface area contributed by atoms with Crippen LogP contribution in [0, 0.1) is 3.57 Å². The van der Waals surface area contributed by atoms with Crippen LogP contribution >= 0.6 is 22.6 Å². The summed E-state index contributed by atoms with van der Waals surface area (Å²) in [4.78, 5) is 21.1. The van der Waals surface area contributed by atoms with Crippen LogP contribution < -0.4 is 15.8 Å². The largest absolute Gasteiger partial charge is 0.351 e. The van der Waals surface area contributed by atoms with Crippen LogP contribution in [0.1, 0.15) is 40.0 Å². The highest BCUT2D eigenvalue weighted by molar-refractivity contribution is 14.1. The first-order valence-corrected chi connectivity index (χ1v) is 8.21. The summed E-state index contributed by atoms with van der Waals surface area (Å²) in [5, 5.41) is 3.57. The van der Waals surface area contributed by atoms with Crippen molar-refractivity contribution in [2.24, 2.45) is 0 Å². The lowest BCUT2D eigenvalue weighted by Crippen LogP contribution is -2.50. The number of hydrogen-bond donors (Lipinski definition) is 2. The Bertz CT molecular complexity index is 509. The molecular weight excluding hydrogens is 367 g/mol. The first kappa shape index (κ1) is 15.8. The molecule has 20 heavy (non-hydrogen) atoms. The van der Waals surface area contributed by atoms with Gasteiger partial charge in [-0.1, -0.05) is 0 Å². The van der Waals surface area contributed by atoms with Gasteiger partial charge in [0.05, 0.1) is 6.33 Å². The molecule has 0 radical (unpaired) electrons. The van der Waals surface area contributed by atoms with E-state index in [0.717, 1.165) is 31.7 Å². The van der Waals surface area contributed by atoms with Gasteiger partial charge in [-0.3, -0.25) is 4.79 Å². The highest BCUT2D eigenvalue weighted by Gasteiger charge is 2.26. The molecule has 1 aromatic rings. The second kappa shape index (κ2) is 6.43. The summed E-state index contributed by atoms with van der Waals surface area (Å²) < 4.78 is 0.688. The van der Waals surface area contributed by atoms with Crippen LogP contribution in [0.25, 0.3) is 0 Å². The van der Waals surface area contributed by atoms with Crippen LogP contribution in [-0.4, -0.2) is 34.6 Å². The lowest BCUT2D eigenvalue weighted by molar-refractivity contribution is 0.365. The van der Waals surface area contributed by atoms with Crippen molar-refractivity contribution in [3.8, 4) is 0 Å². The van der Waals surface area contributed by atoms with Crippen molar-refractivity contribution in [3.05, 3.63) is 20.3 Å². The predicted octanol–water partition coefficient (Wildman–Crippen LogP) is 2.12. The van der Waals surface area contributed by atoms with Crippen LogP contribution in [0.2, 0.25) is 0 Å². The second-order valence-electron chi connectivity index (χ2n) is 6.34. The third-order valence-electron chi connectivity index (χ3n) is 3.55. The number of piperidine rings is 1. The zero-order valence-corrected chi connectivity index (χ0v) is 14.5. The molecule has 2 rings (SSSR count). The number of hydrogen-bond acceptors (Lipinski definition) is 4. The zero-order chi connectivity index (χ0) is 14.8. The summed E-state index contributed by atoms with van der Waals surface area (Å²) >= 11 is 2.09. The van der Waals surface area contributed by atoms with Gasteiger partial charge in [-0.25, -0.2) is 4.98 Å². The molecule has 5 nitrogen and oxygen atoms in total. The van der Waals surface area contributed by atoms with E-state index in [1.54, 1.807) is 0 Å². The molecule has 1 unspecified atom stereocenters. The van der Waals surface area contributed by atoms with E-state index in [4.69, 9.17) is 0 Å². The quantitative estimate of drug-likeness (QED) is 0.777. The number of nitrogens with zero attached hydrogens (tertiary/aromatic N) is 2. The molecule has 112 valence electrons. The molecule has 1 saturated heterocycles. The second-order valence-corrected chi connectivity index (χ2v) is 7.42. The molecule has 0 spiro atoms. The van der Waals surface area contributed by atoms with Crippen molar-refractivity contribution >= 4 is 28.4 Å². The molecule has 2 N–H and O–H groups in total. The molecule has 1 fully saturated rings. The molecule has 0 saturated carbocycles. The Morgan fingerprint density at radius 1 is 1.50 bits per heavy atom. The normalized spacial score (nSPS) is 20.2. The minimum absolute atomic E-state index is 0.0521. The summed E-state index contributed by atoms with van der Waals surface area (Å²) in [6.45, 7) is 8.43. The predicted molar refractivity (Wildman–Crippen MR) is 90.3 cm³/mol. The summed E-state index contributed by atoms with van der Waals surface area (Å²) in [7, 11) is 0. The minimum Gasteiger partial charge on any atom is -0.351 e. The van der Waals surface area contributed by atoms with Gasteiger partial charge in [-0.05, 0) is 62.6 Å². The summed E-state index contributed by atoms with van der Waals surface area (Å²) in [5.74, 6) is 0.828. The Morgan fingerprint density at radius 2 is 2.25 bits per heavy atom. The number of anilines is 1. The van der Waals surface area contributed by atoms with Gasteiger partial charge in [0.15, 0.2) is 0 Å². The highest BCUT2D eigenvalue weighted by atomic mass is 127. The maximum Gasteiger partial charge on any atom is 0.266 e. The Labute approximate surface area is 133 Å². The molecule has 0 aliphatic carbocycles. The van der Waals surface area contributed by atoms with Gasteiger partial charge < -0.3 is 15.2 Å². The monoisotopic (exact) mass is 390 g/mol. The molecular formula is C14H23IN4O. The topological polar surface area (TPSA) is 61.0 Å². The molecule has 1 aliphatic heterocycles. The van der Waals surface area contributed by atoms with Crippen LogP contribution in [0.15, 0.2) is 11.1 Å². The van der Waals surface area contributed by atoms with Crippen molar-refractivity contribution in [1.29, 1.82) is 0 Å². The molecule has 2 heterocycles.